The van der Waals surface area contributed by atoms with E-state index in [9.17, 15) is 38.4 Å². The molecule has 0 radical (unpaired) electrons. The number of rotatable bonds is 36. The fourth-order valence-corrected chi connectivity index (χ4v) is 13.9. The second-order valence-corrected chi connectivity index (χ2v) is 37.7. The zero-order valence-electron chi connectivity index (χ0n) is 53.5. The molecule has 17 nitrogen and oxygen atoms in total. The number of hydrogen-bond acceptors (Lipinski definition) is 17. The first kappa shape index (κ1) is 105. The SMILES string of the molecule is CC(CC[SeH])NC(=O)CS.CC(C[SeH])NC(=O)CS.CC(C[Se]CCN)NC(=O)CS.CC(NC(=O)CS)C(C)(C)[SeH].CC[Se]CC(C)NC(=O)CS.CC[Se]CCC(C)NC(=O)CS.C[Se]CC(C)NC(=O)CS.C[Se]CCC(C)NC(=O)CS. The normalized spacial score (nSPS) is 12.9. The maximum absolute atomic E-state index is 10.9. The summed E-state index contributed by atoms with van der Waals surface area (Å²) in [5.41, 5.74) is 5.36. The van der Waals surface area contributed by atoms with Crippen molar-refractivity contribution in [3.63, 3.8) is 0 Å². The van der Waals surface area contributed by atoms with E-state index in [0.29, 0.717) is 92.0 Å². The van der Waals surface area contributed by atoms with E-state index in [4.69, 9.17) is 5.73 Å². The van der Waals surface area contributed by atoms with E-state index in [-0.39, 0.29) is 98.7 Å². The number of hydrogen-bond donors (Lipinski definition) is 17. The van der Waals surface area contributed by atoms with Gasteiger partial charge in [0.05, 0.1) is 0 Å². The van der Waals surface area contributed by atoms with Gasteiger partial charge in [-0.15, -0.1) is 0 Å². The van der Waals surface area contributed by atoms with Crippen LogP contribution in [0.4, 0.5) is 0 Å². The molecule has 0 heterocycles. The fraction of sp³-hybridized carbons (Fsp3) is 0.849. The Bertz CT molecular complexity index is 1560. The van der Waals surface area contributed by atoms with E-state index in [1.54, 1.807) is 0 Å². The third kappa shape index (κ3) is 93.1. The van der Waals surface area contributed by atoms with Gasteiger partial charge in [-0.3, -0.25) is 0 Å². The standard InChI is InChI=1S/C8H17NOSSe.C7H16N2OSSe.3C7H15NOSSe.2C6H13NOSSe.C5H11NOSSe/c1-3-12-5-4-7(2)9-8(10)6-11;1-6(5-12-3-2-8)9-7(10)4-11;1-5(7(2,3)11)8-6(9)4-10;1-6(3-4-11-2)8-7(9)5-10;1-3-11-5-6(2)8-7(9)4-10;1-5(4-10-2)7-6(8)3-9;1-5(2-3-10)7-6(8)4-9;1-4(3-9)6-5(7)2-8/h7,11H,3-6H2,1-2H3,(H,9,10);6,11H,2-5,8H2,1H3,(H,9,10);5,10-11H,4H2,1-3H3,(H,8,9);2*6,10H,3-5H2,1-2H3,(H,8,9);5,9H,3-4H2,1-2H3,(H,7,8);5,9-10H,2-4H2,1H3,(H,7,8);4,8-9H,2-3H2,1H3,(H,6,7). The van der Waals surface area contributed by atoms with Crippen molar-refractivity contribution in [3.05, 3.63) is 0 Å². The van der Waals surface area contributed by atoms with E-state index >= 15 is 0 Å². The summed E-state index contributed by atoms with van der Waals surface area (Å²) in [6, 6.07) is 2.26. The van der Waals surface area contributed by atoms with Gasteiger partial charge in [0.1, 0.15) is 0 Å². The Balaban J connectivity index is -0.000000135. The molecular weight excluding hydrogens is 1780 g/mol. The van der Waals surface area contributed by atoms with Crippen molar-refractivity contribution in [1.29, 1.82) is 0 Å². The predicted octanol–water partition coefficient (Wildman–Crippen LogP) is 4.24. The zero-order valence-corrected chi connectivity index (χ0v) is 74.8. The van der Waals surface area contributed by atoms with Crippen LogP contribution in [0.25, 0.3) is 0 Å². The van der Waals surface area contributed by atoms with Crippen LogP contribution in [-0.4, -0.2) is 271 Å². The fourth-order valence-electron chi connectivity index (χ4n) is 4.87. The topological polar surface area (TPSA) is 259 Å². The molecule has 86 heavy (non-hydrogen) atoms. The minimum absolute atomic E-state index is 0.00289. The van der Waals surface area contributed by atoms with Gasteiger partial charge in [-0.1, -0.05) is 0 Å². The summed E-state index contributed by atoms with van der Waals surface area (Å²) in [5.74, 6) is 6.77. The molecule has 516 valence electrons. The molecule has 0 bridgehead atoms. The van der Waals surface area contributed by atoms with Crippen LogP contribution in [0.1, 0.15) is 102 Å². The molecule has 8 unspecified atom stereocenters. The van der Waals surface area contributed by atoms with Crippen molar-refractivity contribution in [3.8, 4) is 0 Å². The Morgan fingerprint density at radius 2 is 0.698 bits per heavy atom. The Hall–Kier alpha value is 2.68. The molecule has 0 aliphatic rings. The van der Waals surface area contributed by atoms with Crippen molar-refractivity contribution in [2.45, 2.75) is 220 Å². The van der Waals surface area contributed by atoms with Crippen LogP contribution < -0.4 is 48.3 Å². The molecule has 8 amide bonds. The molecule has 0 aromatic heterocycles. The van der Waals surface area contributed by atoms with Crippen molar-refractivity contribution >= 4 is 271 Å². The van der Waals surface area contributed by atoms with Gasteiger partial charge in [-0.25, -0.2) is 0 Å². The first-order valence-corrected chi connectivity index (χ1v) is 49.6. The Kier molecular flexibility index (Phi) is 95.4. The second kappa shape index (κ2) is 78.4. The predicted molar refractivity (Wildman–Crippen MR) is 410 cm³/mol. The monoisotopic (exact) mass is 1900 g/mol. The van der Waals surface area contributed by atoms with Gasteiger partial charge in [0.2, 0.25) is 0 Å². The molecule has 0 spiro atoms. The third-order valence-corrected chi connectivity index (χ3v) is 24.4. The average molecular weight is 1890 g/mol. The number of amides is 8. The van der Waals surface area contributed by atoms with Crippen LogP contribution >= 0.6 is 101 Å². The zero-order chi connectivity index (χ0) is 68.5. The first-order valence-electron chi connectivity index (χ1n) is 27.9. The molecule has 0 aromatic rings. The van der Waals surface area contributed by atoms with E-state index in [1.807, 2.05) is 55.4 Å². The van der Waals surface area contributed by atoms with Crippen LogP contribution in [0.3, 0.4) is 0 Å². The van der Waals surface area contributed by atoms with Gasteiger partial charge in [-0.2, -0.15) is 0 Å². The van der Waals surface area contributed by atoms with Crippen molar-refractivity contribution in [2.24, 2.45) is 5.73 Å². The van der Waals surface area contributed by atoms with Gasteiger partial charge in [0.15, 0.2) is 0 Å². The van der Waals surface area contributed by atoms with Crippen molar-refractivity contribution in [2.75, 3.05) is 52.6 Å². The van der Waals surface area contributed by atoms with Crippen molar-refractivity contribution in [1.82, 2.24) is 42.5 Å². The molecule has 0 aliphatic heterocycles. The van der Waals surface area contributed by atoms with Crippen LogP contribution in [-0.2, 0) is 38.4 Å². The van der Waals surface area contributed by atoms with E-state index in [1.165, 1.54) is 21.3 Å². The molecule has 10 N–H and O–H groups in total. The summed E-state index contributed by atoms with van der Waals surface area (Å²) in [6.07, 6.45) is 3.21. The molecule has 0 fully saturated rings. The third-order valence-electron chi connectivity index (χ3n) is 9.55. The molecular formula is C53H115N9O8S8Se8. The van der Waals surface area contributed by atoms with Crippen LogP contribution in [0.15, 0.2) is 0 Å². The number of nitrogens with two attached hydrogens (primary N) is 1. The Morgan fingerprint density at radius 1 is 0.407 bits per heavy atom. The van der Waals surface area contributed by atoms with E-state index in [0.717, 1.165) is 87.6 Å². The quantitative estimate of drug-likeness (QED) is 0.0243. The summed E-state index contributed by atoms with van der Waals surface area (Å²) < 4.78 is 0.0611. The number of carbonyl (C=O) groups excluding carboxylic acids is 8. The number of thiol groups is 8. The van der Waals surface area contributed by atoms with Crippen molar-refractivity contribution < 1.29 is 38.4 Å². The number of carbonyl (C=O) groups is 8. The van der Waals surface area contributed by atoms with Gasteiger partial charge >= 0.3 is 630 Å². The van der Waals surface area contributed by atoms with Gasteiger partial charge in [-0.05, 0) is 0 Å². The molecule has 0 saturated heterocycles. The Morgan fingerprint density at radius 3 is 0.977 bits per heavy atom. The molecule has 8 atom stereocenters. The summed E-state index contributed by atoms with van der Waals surface area (Å²) >= 11 is 41.7. The molecule has 33 heteroatoms. The summed E-state index contributed by atoms with van der Waals surface area (Å²) in [5, 5.41) is 34.0. The molecule has 0 rings (SSSR count). The Labute approximate surface area is 622 Å². The van der Waals surface area contributed by atoms with Crippen LogP contribution in [0, 0.1) is 0 Å². The molecule has 0 aromatic carbocycles. The molecule has 0 saturated carbocycles. The van der Waals surface area contributed by atoms with Gasteiger partial charge in [0.25, 0.3) is 0 Å². The maximum atomic E-state index is 10.9. The summed E-state index contributed by atoms with van der Waals surface area (Å²) in [4.78, 5) is 86.2. The van der Waals surface area contributed by atoms with Gasteiger partial charge in [0, 0.05) is 0 Å². The van der Waals surface area contributed by atoms with E-state index < -0.39 is 0 Å². The van der Waals surface area contributed by atoms with Gasteiger partial charge < -0.3 is 0 Å². The van der Waals surface area contributed by atoms with E-state index in [2.05, 4.69) is 231 Å². The summed E-state index contributed by atoms with van der Waals surface area (Å²) in [6.45, 7) is 25.4. The molecule has 0 aliphatic carbocycles. The van der Waals surface area contributed by atoms with Crippen LogP contribution in [0.5, 0.6) is 0 Å². The van der Waals surface area contributed by atoms with Crippen LogP contribution in [0.2, 0.25) is 69.2 Å². The summed E-state index contributed by atoms with van der Waals surface area (Å²) in [7, 11) is 0. The second-order valence-electron chi connectivity index (χ2n) is 18.9. The minimum atomic E-state index is -0.0139. The first-order chi connectivity index (χ1) is 40.3. The average Bonchev–Trinajstić information content (AvgIpc) is 3.52. The number of nitrogens with one attached hydrogen (secondary N) is 8.